The van der Waals surface area contributed by atoms with Crippen molar-refractivity contribution >= 4 is 0 Å². The molecule has 2 heteroatoms. The Morgan fingerprint density at radius 2 is 1.27 bits per heavy atom. The minimum absolute atomic E-state index is 0.455. The van der Waals surface area contributed by atoms with Crippen molar-refractivity contribution < 1.29 is 0 Å². The quantitative estimate of drug-likeness (QED) is 0.601. The molecule has 0 saturated heterocycles. The molecule has 0 fully saturated rings. The molecule has 0 unspecified atom stereocenters. The molecular weight excluding hydrogens is 184 g/mol. The maximum absolute atomic E-state index is 2.54. The number of nitrogens with zero attached hydrogens (tertiary/aromatic N) is 2. The molecule has 0 aromatic heterocycles. The van der Waals surface area contributed by atoms with Gasteiger partial charge in [-0.15, -0.1) is 0 Å². The van der Waals surface area contributed by atoms with Crippen LogP contribution in [0.2, 0.25) is 0 Å². The summed E-state index contributed by atoms with van der Waals surface area (Å²) in [5.74, 6) is 0. The molecule has 2 nitrogen and oxygen atoms in total. The Hall–Kier alpha value is -0.0800. The van der Waals surface area contributed by atoms with Gasteiger partial charge in [0.1, 0.15) is 0 Å². The molecule has 0 atom stereocenters. The molecule has 0 heterocycles. The highest BCUT2D eigenvalue weighted by Crippen LogP contribution is 2.18. The van der Waals surface area contributed by atoms with Gasteiger partial charge in [0.2, 0.25) is 0 Å². The van der Waals surface area contributed by atoms with Crippen LogP contribution in [0.3, 0.4) is 0 Å². The average molecular weight is 214 g/mol. The third-order valence-electron chi connectivity index (χ3n) is 2.92. The van der Waals surface area contributed by atoms with Crippen molar-refractivity contribution in [3.63, 3.8) is 0 Å². The lowest BCUT2D eigenvalue weighted by atomic mass is 9.92. The summed E-state index contributed by atoms with van der Waals surface area (Å²) in [6, 6.07) is 0. The molecule has 0 aliphatic carbocycles. The van der Waals surface area contributed by atoms with Crippen molar-refractivity contribution in [2.75, 3.05) is 32.8 Å². The summed E-state index contributed by atoms with van der Waals surface area (Å²) in [6.07, 6.45) is 1.28. The molecule has 0 bridgehead atoms. The second kappa shape index (κ2) is 7.24. The maximum atomic E-state index is 2.54. The second-order valence-corrected chi connectivity index (χ2v) is 5.47. The van der Waals surface area contributed by atoms with Gasteiger partial charge in [-0.1, -0.05) is 41.5 Å². The van der Waals surface area contributed by atoms with E-state index in [2.05, 4.69) is 51.3 Å². The Morgan fingerprint density at radius 1 is 0.800 bits per heavy atom. The van der Waals surface area contributed by atoms with Gasteiger partial charge in [0.15, 0.2) is 0 Å². The van der Waals surface area contributed by atoms with Crippen molar-refractivity contribution in [1.82, 2.24) is 9.80 Å². The van der Waals surface area contributed by atoms with Crippen LogP contribution < -0.4 is 0 Å². The van der Waals surface area contributed by atoms with E-state index in [1.807, 2.05) is 0 Å². The Kier molecular flexibility index (Phi) is 7.20. The minimum Gasteiger partial charge on any atom is -0.291 e. The first-order valence-corrected chi connectivity index (χ1v) is 6.37. The molecule has 0 aromatic rings. The van der Waals surface area contributed by atoms with Gasteiger partial charge in [-0.05, 0) is 38.0 Å². The predicted octanol–water partition coefficient (Wildman–Crippen LogP) is 3.04. The standard InChI is InChI=1S/C13H30N2/c1-7-14(8-2)12-15(9-3)11-10-13(4,5)6/h7-12H2,1-6H3. The van der Waals surface area contributed by atoms with Crippen molar-refractivity contribution in [2.24, 2.45) is 5.41 Å². The number of rotatable bonds is 7. The van der Waals surface area contributed by atoms with Crippen LogP contribution in [-0.2, 0) is 0 Å². The van der Waals surface area contributed by atoms with Gasteiger partial charge in [-0.2, -0.15) is 0 Å². The number of hydrogen-bond acceptors (Lipinski definition) is 2. The van der Waals surface area contributed by atoms with Crippen LogP contribution in [0.1, 0.15) is 48.0 Å². The monoisotopic (exact) mass is 214 g/mol. The van der Waals surface area contributed by atoms with E-state index in [-0.39, 0.29) is 0 Å². The second-order valence-electron chi connectivity index (χ2n) is 5.47. The molecule has 0 radical (unpaired) electrons. The zero-order chi connectivity index (χ0) is 11.9. The lowest BCUT2D eigenvalue weighted by Crippen LogP contribution is -2.39. The van der Waals surface area contributed by atoms with E-state index in [1.165, 1.54) is 13.0 Å². The van der Waals surface area contributed by atoms with Crippen LogP contribution in [0.25, 0.3) is 0 Å². The average Bonchev–Trinajstić information content (AvgIpc) is 2.17. The lowest BCUT2D eigenvalue weighted by Gasteiger charge is -2.30. The molecule has 0 N–H and O–H groups in total. The van der Waals surface area contributed by atoms with E-state index < -0.39 is 0 Å². The molecule has 0 spiro atoms. The van der Waals surface area contributed by atoms with Gasteiger partial charge in [-0.25, -0.2) is 0 Å². The summed E-state index contributed by atoms with van der Waals surface area (Å²) < 4.78 is 0. The summed E-state index contributed by atoms with van der Waals surface area (Å²) in [7, 11) is 0. The zero-order valence-corrected chi connectivity index (χ0v) is 11.6. The number of hydrogen-bond donors (Lipinski definition) is 0. The third kappa shape index (κ3) is 7.80. The highest BCUT2D eigenvalue weighted by molar-refractivity contribution is 4.65. The van der Waals surface area contributed by atoms with Gasteiger partial charge in [0.25, 0.3) is 0 Å². The van der Waals surface area contributed by atoms with Gasteiger partial charge in [0, 0.05) is 0 Å². The molecule has 0 aliphatic rings. The molecule has 0 amide bonds. The molecule has 0 rings (SSSR count). The summed E-state index contributed by atoms with van der Waals surface area (Å²) in [6.45, 7) is 19.5. The molecule has 92 valence electrons. The first-order chi connectivity index (χ1) is 6.92. The first kappa shape index (κ1) is 14.9. The fraction of sp³-hybridized carbons (Fsp3) is 1.00. The smallest absolute Gasteiger partial charge is 0.0505 e. The van der Waals surface area contributed by atoms with E-state index in [9.17, 15) is 0 Å². The molecule has 0 aliphatic heterocycles. The fourth-order valence-corrected chi connectivity index (χ4v) is 1.53. The predicted molar refractivity (Wildman–Crippen MR) is 69.1 cm³/mol. The summed E-state index contributed by atoms with van der Waals surface area (Å²) in [5, 5.41) is 0. The topological polar surface area (TPSA) is 6.48 Å². The van der Waals surface area contributed by atoms with Crippen molar-refractivity contribution in [3.8, 4) is 0 Å². The largest absolute Gasteiger partial charge is 0.291 e. The molecule has 0 aromatic carbocycles. The van der Waals surface area contributed by atoms with E-state index >= 15 is 0 Å². The van der Waals surface area contributed by atoms with E-state index in [4.69, 9.17) is 0 Å². The zero-order valence-electron chi connectivity index (χ0n) is 11.6. The maximum Gasteiger partial charge on any atom is 0.0505 e. The Bertz CT molecular complexity index is 145. The van der Waals surface area contributed by atoms with Crippen LogP contribution in [0.15, 0.2) is 0 Å². The molecule has 0 saturated carbocycles. The van der Waals surface area contributed by atoms with E-state index in [1.54, 1.807) is 0 Å². The highest BCUT2D eigenvalue weighted by atomic mass is 15.3. The summed E-state index contributed by atoms with van der Waals surface area (Å²) >= 11 is 0. The van der Waals surface area contributed by atoms with Gasteiger partial charge >= 0.3 is 0 Å². The Balaban J connectivity index is 3.92. The molecule has 15 heavy (non-hydrogen) atoms. The van der Waals surface area contributed by atoms with Gasteiger partial charge in [-0.3, -0.25) is 9.80 Å². The van der Waals surface area contributed by atoms with Gasteiger partial charge < -0.3 is 0 Å². The van der Waals surface area contributed by atoms with E-state index in [0.29, 0.717) is 5.41 Å². The highest BCUT2D eigenvalue weighted by Gasteiger charge is 2.13. The normalized spacial score (nSPS) is 12.8. The Labute approximate surface area is 96.6 Å². The third-order valence-corrected chi connectivity index (χ3v) is 2.92. The van der Waals surface area contributed by atoms with Crippen LogP contribution >= 0.6 is 0 Å². The van der Waals surface area contributed by atoms with Crippen molar-refractivity contribution in [2.45, 2.75) is 48.0 Å². The van der Waals surface area contributed by atoms with E-state index in [0.717, 1.165) is 26.3 Å². The van der Waals surface area contributed by atoms with Crippen LogP contribution in [0, 0.1) is 5.41 Å². The van der Waals surface area contributed by atoms with Crippen LogP contribution in [0.5, 0.6) is 0 Å². The van der Waals surface area contributed by atoms with Crippen molar-refractivity contribution in [1.29, 1.82) is 0 Å². The SMILES string of the molecule is CCN(CC)CN(CC)CCC(C)(C)C. The van der Waals surface area contributed by atoms with Crippen LogP contribution in [-0.4, -0.2) is 42.6 Å². The van der Waals surface area contributed by atoms with Crippen LogP contribution in [0.4, 0.5) is 0 Å². The first-order valence-electron chi connectivity index (χ1n) is 6.37. The summed E-state index contributed by atoms with van der Waals surface area (Å²) in [4.78, 5) is 5.02. The minimum atomic E-state index is 0.455. The summed E-state index contributed by atoms with van der Waals surface area (Å²) in [5.41, 5.74) is 0.455. The lowest BCUT2D eigenvalue weighted by molar-refractivity contribution is 0.132. The van der Waals surface area contributed by atoms with Crippen molar-refractivity contribution in [3.05, 3.63) is 0 Å². The van der Waals surface area contributed by atoms with Gasteiger partial charge in [0.05, 0.1) is 6.67 Å². The fourth-order valence-electron chi connectivity index (χ4n) is 1.53. The molecular formula is C13H30N2. The Morgan fingerprint density at radius 3 is 1.60 bits per heavy atom.